The SMILES string of the molecule is Cc1ccc(C)c(CC(=O)N2CCCC2CN)c1. The van der Waals surface area contributed by atoms with E-state index < -0.39 is 0 Å². The number of nitrogens with two attached hydrogens (primary N) is 1. The van der Waals surface area contributed by atoms with Crippen molar-refractivity contribution in [2.24, 2.45) is 5.73 Å². The van der Waals surface area contributed by atoms with Gasteiger partial charge in [-0.2, -0.15) is 0 Å². The van der Waals surface area contributed by atoms with E-state index in [0.717, 1.165) is 24.9 Å². The van der Waals surface area contributed by atoms with Crippen LogP contribution >= 0.6 is 0 Å². The Labute approximate surface area is 109 Å². The van der Waals surface area contributed by atoms with Gasteiger partial charge in [0.1, 0.15) is 0 Å². The van der Waals surface area contributed by atoms with Crippen molar-refractivity contribution in [2.45, 2.75) is 39.2 Å². The predicted octanol–water partition coefficient (Wildman–Crippen LogP) is 1.80. The van der Waals surface area contributed by atoms with E-state index in [-0.39, 0.29) is 11.9 Å². The Balaban J connectivity index is 2.09. The molecule has 1 unspecified atom stereocenters. The van der Waals surface area contributed by atoms with Crippen LogP contribution < -0.4 is 5.73 Å². The third kappa shape index (κ3) is 2.72. The summed E-state index contributed by atoms with van der Waals surface area (Å²) in [4.78, 5) is 14.3. The molecule has 0 radical (unpaired) electrons. The van der Waals surface area contributed by atoms with Crippen LogP contribution in [-0.2, 0) is 11.2 Å². The van der Waals surface area contributed by atoms with Gasteiger partial charge in [0.25, 0.3) is 0 Å². The molecule has 3 nitrogen and oxygen atoms in total. The molecule has 0 aromatic heterocycles. The molecule has 3 heteroatoms. The van der Waals surface area contributed by atoms with Crippen molar-refractivity contribution in [3.8, 4) is 0 Å². The van der Waals surface area contributed by atoms with E-state index in [1.807, 2.05) is 4.90 Å². The highest BCUT2D eigenvalue weighted by Crippen LogP contribution is 2.19. The summed E-state index contributed by atoms with van der Waals surface area (Å²) in [7, 11) is 0. The molecule has 1 fully saturated rings. The summed E-state index contributed by atoms with van der Waals surface area (Å²) in [6.07, 6.45) is 2.64. The van der Waals surface area contributed by atoms with Crippen LogP contribution in [0.15, 0.2) is 18.2 Å². The lowest BCUT2D eigenvalue weighted by Crippen LogP contribution is -2.40. The summed E-state index contributed by atoms with van der Waals surface area (Å²) < 4.78 is 0. The summed E-state index contributed by atoms with van der Waals surface area (Å²) in [5.74, 6) is 0.219. The van der Waals surface area contributed by atoms with Crippen LogP contribution in [0.3, 0.4) is 0 Å². The fraction of sp³-hybridized carbons (Fsp3) is 0.533. The summed E-state index contributed by atoms with van der Waals surface area (Å²) in [6, 6.07) is 6.54. The van der Waals surface area contributed by atoms with Gasteiger partial charge in [0.05, 0.1) is 6.42 Å². The second-order valence-corrected chi connectivity index (χ2v) is 5.23. The third-order valence-corrected chi connectivity index (χ3v) is 3.82. The molecule has 0 saturated carbocycles. The summed E-state index contributed by atoms with van der Waals surface area (Å²) in [5, 5.41) is 0. The Morgan fingerprint density at radius 1 is 1.44 bits per heavy atom. The third-order valence-electron chi connectivity index (χ3n) is 3.82. The lowest BCUT2D eigenvalue weighted by molar-refractivity contribution is -0.131. The molecule has 98 valence electrons. The quantitative estimate of drug-likeness (QED) is 0.884. The first kappa shape index (κ1) is 13.1. The monoisotopic (exact) mass is 246 g/mol. The molecule has 18 heavy (non-hydrogen) atoms. The van der Waals surface area contributed by atoms with E-state index in [4.69, 9.17) is 5.73 Å². The minimum atomic E-state index is 0.219. The lowest BCUT2D eigenvalue weighted by Gasteiger charge is -2.24. The molecule has 1 amide bonds. The van der Waals surface area contributed by atoms with Gasteiger partial charge >= 0.3 is 0 Å². The number of hydrogen-bond acceptors (Lipinski definition) is 2. The molecule has 1 aromatic rings. The number of aryl methyl sites for hydroxylation is 2. The first-order chi connectivity index (χ1) is 8.61. The maximum absolute atomic E-state index is 12.3. The maximum atomic E-state index is 12.3. The molecule has 1 aromatic carbocycles. The number of rotatable bonds is 3. The van der Waals surface area contributed by atoms with Gasteiger partial charge in [-0.3, -0.25) is 4.79 Å². The number of benzene rings is 1. The molecule has 2 N–H and O–H groups in total. The molecule has 1 atom stereocenters. The smallest absolute Gasteiger partial charge is 0.227 e. The standard InChI is InChI=1S/C15H22N2O/c1-11-5-6-12(2)13(8-11)9-15(18)17-7-3-4-14(17)10-16/h5-6,8,14H,3-4,7,9-10,16H2,1-2H3. The average molecular weight is 246 g/mol. The molecular weight excluding hydrogens is 224 g/mol. The lowest BCUT2D eigenvalue weighted by atomic mass is 10.0. The molecule has 2 rings (SSSR count). The fourth-order valence-electron chi connectivity index (χ4n) is 2.66. The normalized spacial score (nSPS) is 19.3. The van der Waals surface area contributed by atoms with E-state index in [2.05, 4.69) is 32.0 Å². The summed E-state index contributed by atoms with van der Waals surface area (Å²) >= 11 is 0. The highest BCUT2D eigenvalue weighted by molar-refractivity contribution is 5.79. The van der Waals surface area contributed by atoms with Crippen LogP contribution in [0.1, 0.15) is 29.5 Å². The minimum Gasteiger partial charge on any atom is -0.338 e. The van der Waals surface area contributed by atoms with Crippen LogP contribution in [0.25, 0.3) is 0 Å². The van der Waals surface area contributed by atoms with Crippen molar-refractivity contribution in [1.82, 2.24) is 4.90 Å². The summed E-state index contributed by atoms with van der Waals surface area (Å²) in [6.45, 7) is 5.57. The number of carbonyl (C=O) groups is 1. The Kier molecular flexibility index (Phi) is 4.02. The van der Waals surface area contributed by atoms with Crippen molar-refractivity contribution >= 4 is 5.91 Å². The zero-order chi connectivity index (χ0) is 13.1. The van der Waals surface area contributed by atoms with Crippen LogP contribution in [0.2, 0.25) is 0 Å². The number of hydrogen-bond donors (Lipinski definition) is 1. The van der Waals surface area contributed by atoms with Gasteiger partial charge < -0.3 is 10.6 Å². The number of carbonyl (C=O) groups excluding carboxylic acids is 1. The Morgan fingerprint density at radius 3 is 2.94 bits per heavy atom. The van der Waals surface area contributed by atoms with Crippen molar-refractivity contribution in [3.05, 3.63) is 34.9 Å². The van der Waals surface area contributed by atoms with Crippen LogP contribution in [-0.4, -0.2) is 29.9 Å². The highest BCUT2D eigenvalue weighted by Gasteiger charge is 2.27. The average Bonchev–Trinajstić information content (AvgIpc) is 2.82. The van der Waals surface area contributed by atoms with Gasteiger partial charge in [-0.15, -0.1) is 0 Å². The highest BCUT2D eigenvalue weighted by atomic mass is 16.2. The van der Waals surface area contributed by atoms with Gasteiger partial charge in [0.2, 0.25) is 5.91 Å². The molecule has 1 aliphatic heterocycles. The molecule has 0 bridgehead atoms. The van der Waals surface area contributed by atoms with Crippen molar-refractivity contribution < 1.29 is 4.79 Å². The van der Waals surface area contributed by atoms with Crippen LogP contribution in [0.5, 0.6) is 0 Å². The Hall–Kier alpha value is -1.35. The number of amides is 1. The molecular formula is C15H22N2O. The van der Waals surface area contributed by atoms with E-state index in [1.54, 1.807) is 0 Å². The molecule has 1 saturated heterocycles. The molecule has 1 heterocycles. The van der Waals surface area contributed by atoms with Crippen molar-refractivity contribution in [3.63, 3.8) is 0 Å². The topological polar surface area (TPSA) is 46.3 Å². The fourth-order valence-corrected chi connectivity index (χ4v) is 2.66. The zero-order valence-corrected chi connectivity index (χ0v) is 11.3. The number of nitrogens with zero attached hydrogens (tertiary/aromatic N) is 1. The van der Waals surface area contributed by atoms with E-state index >= 15 is 0 Å². The van der Waals surface area contributed by atoms with Gasteiger partial charge in [-0.25, -0.2) is 0 Å². The van der Waals surface area contributed by atoms with E-state index in [0.29, 0.717) is 13.0 Å². The van der Waals surface area contributed by atoms with Crippen molar-refractivity contribution in [2.75, 3.05) is 13.1 Å². The van der Waals surface area contributed by atoms with E-state index in [1.165, 1.54) is 11.1 Å². The largest absolute Gasteiger partial charge is 0.338 e. The number of likely N-dealkylation sites (tertiary alicyclic amines) is 1. The van der Waals surface area contributed by atoms with Gasteiger partial charge in [0.15, 0.2) is 0 Å². The molecule has 0 aliphatic carbocycles. The summed E-state index contributed by atoms with van der Waals surface area (Å²) in [5.41, 5.74) is 9.26. The zero-order valence-electron chi connectivity index (χ0n) is 11.3. The Morgan fingerprint density at radius 2 is 2.22 bits per heavy atom. The second-order valence-electron chi connectivity index (χ2n) is 5.23. The van der Waals surface area contributed by atoms with Crippen LogP contribution in [0, 0.1) is 13.8 Å². The predicted molar refractivity (Wildman–Crippen MR) is 73.4 cm³/mol. The first-order valence-electron chi connectivity index (χ1n) is 6.67. The van der Waals surface area contributed by atoms with Gasteiger partial charge in [0, 0.05) is 19.1 Å². The van der Waals surface area contributed by atoms with E-state index in [9.17, 15) is 4.79 Å². The second kappa shape index (κ2) is 5.53. The molecule has 1 aliphatic rings. The molecule has 0 spiro atoms. The minimum absolute atomic E-state index is 0.219. The van der Waals surface area contributed by atoms with Gasteiger partial charge in [-0.1, -0.05) is 23.8 Å². The van der Waals surface area contributed by atoms with Crippen molar-refractivity contribution in [1.29, 1.82) is 0 Å². The Bertz CT molecular complexity index is 442. The van der Waals surface area contributed by atoms with Gasteiger partial charge in [-0.05, 0) is 37.8 Å². The first-order valence-corrected chi connectivity index (χ1v) is 6.67. The maximum Gasteiger partial charge on any atom is 0.227 e. The van der Waals surface area contributed by atoms with Crippen LogP contribution in [0.4, 0.5) is 0 Å².